The fourth-order valence-electron chi connectivity index (χ4n) is 2.78. The maximum atomic E-state index is 8.90. The predicted octanol–water partition coefficient (Wildman–Crippen LogP) is 3.18. The van der Waals surface area contributed by atoms with Gasteiger partial charge in [-0.15, -0.1) is 0 Å². The summed E-state index contributed by atoms with van der Waals surface area (Å²) in [4.78, 5) is 2.56. The van der Waals surface area contributed by atoms with Crippen molar-refractivity contribution in [2.45, 2.75) is 39.3 Å². The fourth-order valence-corrected chi connectivity index (χ4v) is 2.78. The molecule has 0 N–H and O–H groups in total. The molecular weight excluding hydrogens is 208 g/mol. The van der Waals surface area contributed by atoms with Crippen molar-refractivity contribution < 1.29 is 0 Å². The summed E-state index contributed by atoms with van der Waals surface area (Å²) < 4.78 is 0. The first kappa shape index (κ1) is 12.1. The predicted molar refractivity (Wildman–Crippen MR) is 69.4 cm³/mol. The lowest BCUT2D eigenvalue weighted by Gasteiger charge is -2.27. The van der Waals surface area contributed by atoms with E-state index in [2.05, 4.69) is 30.9 Å². The highest BCUT2D eigenvalue weighted by atomic mass is 15.2. The Balaban J connectivity index is 2.07. The SMILES string of the molecule is CC(C)C1CCCN1Cc1cccc(C#N)c1. The molecule has 2 nitrogen and oxygen atoms in total. The van der Waals surface area contributed by atoms with E-state index < -0.39 is 0 Å². The Bertz CT molecular complexity index is 417. The van der Waals surface area contributed by atoms with Crippen LogP contribution in [0.4, 0.5) is 0 Å². The van der Waals surface area contributed by atoms with Gasteiger partial charge in [0, 0.05) is 12.6 Å². The Morgan fingerprint density at radius 1 is 1.47 bits per heavy atom. The third kappa shape index (κ3) is 2.87. The number of benzene rings is 1. The van der Waals surface area contributed by atoms with E-state index in [9.17, 15) is 0 Å². The van der Waals surface area contributed by atoms with Gasteiger partial charge in [0.2, 0.25) is 0 Å². The number of hydrogen-bond donors (Lipinski definition) is 0. The number of likely N-dealkylation sites (tertiary alicyclic amines) is 1. The van der Waals surface area contributed by atoms with E-state index in [1.54, 1.807) is 0 Å². The highest BCUT2D eigenvalue weighted by Crippen LogP contribution is 2.25. The normalized spacial score (nSPS) is 20.7. The van der Waals surface area contributed by atoms with Crippen molar-refractivity contribution in [3.63, 3.8) is 0 Å². The summed E-state index contributed by atoms with van der Waals surface area (Å²) in [5.74, 6) is 0.719. The summed E-state index contributed by atoms with van der Waals surface area (Å²) in [6, 6.07) is 10.9. The number of hydrogen-bond acceptors (Lipinski definition) is 2. The van der Waals surface area contributed by atoms with E-state index >= 15 is 0 Å². The minimum Gasteiger partial charge on any atom is -0.296 e. The van der Waals surface area contributed by atoms with Gasteiger partial charge in [-0.2, -0.15) is 5.26 Å². The summed E-state index contributed by atoms with van der Waals surface area (Å²) in [6.07, 6.45) is 2.62. The lowest BCUT2D eigenvalue weighted by Crippen LogP contribution is -2.32. The average molecular weight is 228 g/mol. The molecule has 1 aromatic carbocycles. The highest BCUT2D eigenvalue weighted by molar-refractivity contribution is 5.32. The molecule has 2 heteroatoms. The van der Waals surface area contributed by atoms with Crippen LogP contribution in [0.5, 0.6) is 0 Å². The maximum absolute atomic E-state index is 8.90. The third-order valence-electron chi connectivity index (χ3n) is 3.63. The molecule has 1 heterocycles. The van der Waals surface area contributed by atoms with Gasteiger partial charge in [-0.05, 0) is 43.0 Å². The monoisotopic (exact) mass is 228 g/mol. The van der Waals surface area contributed by atoms with Crippen LogP contribution < -0.4 is 0 Å². The van der Waals surface area contributed by atoms with Crippen molar-refractivity contribution in [1.29, 1.82) is 5.26 Å². The van der Waals surface area contributed by atoms with Gasteiger partial charge in [0.05, 0.1) is 11.6 Å². The van der Waals surface area contributed by atoms with Crippen molar-refractivity contribution in [3.05, 3.63) is 35.4 Å². The first-order chi connectivity index (χ1) is 8.20. The number of rotatable bonds is 3. The largest absolute Gasteiger partial charge is 0.296 e. The van der Waals surface area contributed by atoms with Crippen LogP contribution in [0, 0.1) is 17.2 Å². The quantitative estimate of drug-likeness (QED) is 0.794. The van der Waals surface area contributed by atoms with Crippen LogP contribution in [0.25, 0.3) is 0 Å². The van der Waals surface area contributed by atoms with E-state index in [-0.39, 0.29) is 0 Å². The molecule has 90 valence electrons. The summed E-state index contributed by atoms with van der Waals surface area (Å²) in [7, 11) is 0. The Kier molecular flexibility index (Phi) is 3.81. The molecule has 0 amide bonds. The first-order valence-electron chi connectivity index (χ1n) is 6.44. The molecule has 1 atom stereocenters. The summed E-state index contributed by atoms with van der Waals surface area (Å²) in [6.45, 7) is 6.78. The molecule has 17 heavy (non-hydrogen) atoms. The molecular formula is C15H20N2. The molecule has 0 saturated carbocycles. The van der Waals surface area contributed by atoms with Gasteiger partial charge in [0.1, 0.15) is 0 Å². The Morgan fingerprint density at radius 2 is 2.29 bits per heavy atom. The van der Waals surface area contributed by atoms with Crippen LogP contribution in [0.1, 0.15) is 37.8 Å². The molecule has 2 rings (SSSR count). The van der Waals surface area contributed by atoms with Gasteiger partial charge in [0.25, 0.3) is 0 Å². The molecule has 0 aromatic heterocycles. The fraction of sp³-hybridized carbons (Fsp3) is 0.533. The van der Waals surface area contributed by atoms with Gasteiger partial charge >= 0.3 is 0 Å². The second-order valence-electron chi connectivity index (χ2n) is 5.24. The van der Waals surface area contributed by atoms with Crippen LogP contribution in [0.3, 0.4) is 0 Å². The zero-order valence-electron chi connectivity index (χ0n) is 10.7. The van der Waals surface area contributed by atoms with Crippen molar-refractivity contribution in [2.75, 3.05) is 6.54 Å². The summed E-state index contributed by atoms with van der Waals surface area (Å²) in [5.41, 5.74) is 2.03. The standard InChI is InChI=1S/C15H20N2/c1-12(2)15-7-4-8-17(15)11-14-6-3-5-13(9-14)10-16/h3,5-6,9,12,15H,4,7-8,11H2,1-2H3. The van der Waals surface area contributed by atoms with E-state index in [0.717, 1.165) is 18.0 Å². The van der Waals surface area contributed by atoms with Crippen molar-refractivity contribution >= 4 is 0 Å². The number of nitrogens with zero attached hydrogens (tertiary/aromatic N) is 2. The van der Waals surface area contributed by atoms with Gasteiger partial charge < -0.3 is 0 Å². The van der Waals surface area contributed by atoms with Crippen LogP contribution in [0.15, 0.2) is 24.3 Å². The van der Waals surface area contributed by atoms with Gasteiger partial charge in [-0.1, -0.05) is 26.0 Å². The minimum absolute atomic E-state index is 0.709. The Hall–Kier alpha value is -1.33. The molecule has 0 radical (unpaired) electrons. The smallest absolute Gasteiger partial charge is 0.0991 e. The van der Waals surface area contributed by atoms with Crippen LogP contribution in [-0.2, 0) is 6.54 Å². The first-order valence-corrected chi connectivity index (χ1v) is 6.44. The zero-order valence-corrected chi connectivity index (χ0v) is 10.7. The molecule has 1 aliphatic rings. The lowest BCUT2D eigenvalue weighted by molar-refractivity contribution is 0.199. The molecule has 1 saturated heterocycles. The van der Waals surface area contributed by atoms with Crippen molar-refractivity contribution in [1.82, 2.24) is 4.90 Å². The second kappa shape index (κ2) is 5.33. The summed E-state index contributed by atoms with van der Waals surface area (Å²) in [5, 5.41) is 8.90. The summed E-state index contributed by atoms with van der Waals surface area (Å²) >= 11 is 0. The molecule has 1 aliphatic heterocycles. The van der Waals surface area contributed by atoms with Crippen LogP contribution in [-0.4, -0.2) is 17.5 Å². The van der Waals surface area contributed by atoms with Gasteiger partial charge in [-0.25, -0.2) is 0 Å². The van der Waals surface area contributed by atoms with Crippen LogP contribution >= 0.6 is 0 Å². The van der Waals surface area contributed by atoms with Gasteiger partial charge in [-0.3, -0.25) is 4.90 Å². The van der Waals surface area contributed by atoms with Crippen molar-refractivity contribution in [3.8, 4) is 6.07 Å². The van der Waals surface area contributed by atoms with Gasteiger partial charge in [0.15, 0.2) is 0 Å². The zero-order chi connectivity index (χ0) is 12.3. The van der Waals surface area contributed by atoms with Crippen LogP contribution in [0.2, 0.25) is 0 Å². The van der Waals surface area contributed by atoms with E-state index in [4.69, 9.17) is 5.26 Å². The molecule has 1 aromatic rings. The van der Waals surface area contributed by atoms with E-state index in [1.165, 1.54) is 24.9 Å². The third-order valence-corrected chi connectivity index (χ3v) is 3.63. The maximum Gasteiger partial charge on any atom is 0.0991 e. The molecule has 0 aliphatic carbocycles. The molecule has 1 unspecified atom stereocenters. The Morgan fingerprint density at radius 3 is 3.00 bits per heavy atom. The Labute approximate surface area is 104 Å². The lowest BCUT2D eigenvalue weighted by atomic mass is 10.0. The van der Waals surface area contributed by atoms with E-state index in [1.807, 2.05) is 18.2 Å². The van der Waals surface area contributed by atoms with E-state index in [0.29, 0.717) is 6.04 Å². The molecule has 0 bridgehead atoms. The van der Waals surface area contributed by atoms with Crippen molar-refractivity contribution in [2.24, 2.45) is 5.92 Å². The average Bonchev–Trinajstić information content (AvgIpc) is 2.77. The molecule has 0 spiro atoms. The highest BCUT2D eigenvalue weighted by Gasteiger charge is 2.26. The molecule has 1 fully saturated rings. The second-order valence-corrected chi connectivity index (χ2v) is 5.24. The minimum atomic E-state index is 0.709. The number of nitriles is 1. The topological polar surface area (TPSA) is 27.0 Å².